The maximum Gasteiger partial charge on any atom is 0.433 e. The van der Waals surface area contributed by atoms with E-state index in [1.165, 1.54) is 18.3 Å². The number of alkyl halides is 3. The van der Waals surface area contributed by atoms with E-state index in [1.807, 2.05) is 13.0 Å². The number of pyridine rings is 2. The van der Waals surface area contributed by atoms with Crippen LogP contribution in [0.15, 0.2) is 35.0 Å². The lowest BCUT2D eigenvalue weighted by atomic mass is 9.96. The molecule has 0 atom stereocenters. The van der Waals surface area contributed by atoms with Gasteiger partial charge in [0.1, 0.15) is 17.3 Å². The number of nitrogens with one attached hydrogen (secondary N) is 1. The molecule has 154 valence electrons. The minimum absolute atomic E-state index is 0.287. The first-order chi connectivity index (χ1) is 13.9. The number of hydrogen-bond donors (Lipinski definition) is 1. The van der Waals surface area contributed by atoms with Crippen molar-refractivity contribution < 1.29 is 17.7 Å². The highest BCUT2D eigenvalue weighted by molar-refractivity contribution is 5.89. The first-order valence-corrected chi connectivity index (χ1v) is 9.60. The number of likely N-dealkylation sites (tertiary alicyclic amines) is 1. The Kier molecular flexibility index (Phi) is 5.40. The quantitative estimate of drug-likeness (QED) is 0.684. The monoisotopic (exact) mass is 405 g/mol. The number of aryl methyl sites for hydroxylation is 1. The third-order valence-corrected chi connectivity index (χ3v) is 5.23. The molecule has 0 radical (unpaired) electrons. The standard InChI is InChI=1S/C20H22F3N5O/c1-13-10-15(27-29-13)12-28-8-5-14(6-9-28)11-25-19-16-2-3-18(20(21,22)23)26-17(16)4-7-24-19/h2-4,7,10,14H,5-6,8-9,11-12H2,1H3,(H,24,25). The number of anilines is 1. The van der Waals surface area contributed by atoms with E-state index in [0.717, 1.165) is 56.5 Å². The van der Waals surface area contributed by atoms with Crippen LogP contribution in [0.1, 0.15) is 30.0 Å². The Balaban J connectivity index is 1.34. The fraction of sp³-hybridized carbons (Fsp3) is 0.450. The molecule has 0 spiro atoms. The molecule has 1 aliphatic heterocycles. The molecule has 0 saturated carbocycles. The van der Waals surface area contributed by atoms with Crippen molar-refractivity contribution in [1.82, 2.24) is 20.0 Å². The van der Waals surface area contributed by atoms with Gasteiger partial charge in [0.05, 0.1) is 11.2 Å². The highest BCUT2D eigenvalue weighted by Gasteiger charge is 2.32. The lowest BCUT2D eigenvalue weighted by molar-refractivity contribution is -0.140. The van der Waals surface area contributed by atoms with Crippen molar-refractivity contribution in [2.75, 3.05) is 25.0 Å². The van der Waals surface area contributed by atoms with E-state index in [0.29, 0.717) is 17.1 Å². The summed E-state index contributed by atoms with van der Waals surface area (Å²) in [6, 6.07) is 5.89. The molecular formula is C20H22F3N5O. The maximum absolute atomic E-state index is 12.9. The first-order valence-electron chi connectivity index (χ1n) is 9.60. The third kappa shape index (κ3) is 4.67. The number of nitrogens with zero attached hydrogens (tertiary/aromatic N) is 4. The molecule has 0 aromatic carbocycles. The van der Waals surface area contributed by atoms with Crippen molar-refractivity contribution in [3.8, 4) is 0 Å². The molecule has 1 saturated heterocycles. The van der Waals surface area contributed by atoms with Crippen LogP contribution in [-0.2, 0) is 12.7 Å². The molecule has 4 rings (SSSR count). The molecule has 0 bridgehead atoms. The normalized spacial score (nSPS) is 16.4. The molecule has 0 amide bonds. The number of aromatic nitrogens is 3. The van der Waals surface area contributed by atoms with Gasteiger partial charge in [-0.05, 0) is 57.0 Å². The van der Waals surface area contributed by atoms with Crippen molar-refractivity contribution in [2.24, 2.45) is 5.92 Å². The molecule has 6 nitrogen and oxygen atoms in total. The Morgan fingerprint density at radius 3 is 2.69 bits per heavy atom. The van der Waals surface area contributed by atoms with Crippen LogP contribution in [0, 0.1) is 12.8 Å². The van der Waals surface area contributed by atoms with Crippen LogP contribution in [0.25, 0.3) is 10.9 Å². The second-order valence-corrected chi connectivity index (χ2v) is 7.45. The topological polar surface area (TPSA) is 67.1 Å². The van der Waals surface area contributed by atoms with Gasteiger partial charge in [-0.1, -0.05) is 5.16 Å². The predicted molar refractivity (Wildman–Crippen MR) is 102 cm³/mol. The maximum atomic E-state index is 12.9. The molecular weight excluding hydrogens is 383 g/mol. The van der Waals surface area contributed by atoms with Gasteiger partial charge in [-0.3, -0.25) is 4.90 Å². The number of hydrogen-bond acceptors (Lipinski definition) is 6. The summed E-state index contributed by atoms with van der Waals surface area (Å²) in [6.45, 7) is 5.34. The Morgan fingerprint density at radius 1 is 1.21 bits per heavy atom. The molecule has 0 unspecified atom stereocenters. The number of rotatable bonds is 5. The Bertz CT molecular complexity index is 980. The van der Waals surface area contributed by atoms with Crippen LogP contribution in [0.2, 0.25) is 0 Å². The fourth-order valence-electron chi connectivity index (χ4n) is 3.66. The van der Waals surface area contributed by atoms with E-state index < -0.39 is 11.9 Å². The largest absolute Gasteiger partial charge is 0.433 e. The summed E-state index contributed by atoms with van der Waals surface area (Å²) in [5.74, 6) is 1.87. The van der Waals surface area contributed by atoms with Crippen molar-refractivity contribution in [1.29, 1.82) is 0 Å². The lowest BCUT2D eigenvalue weighted by Gasteiger charge is -2.31. The Morgan fingerprint density at radius 2 is 2.00 bits per heavy atom. The van der Waals surface area contributed by atoms with Gasteiger partial charge in [-0.25, -0.2) is 9.97 Å². The third-order valence-electron chi connectivity index (χ3n) is 5.23. The predicted octanol–water partition coefficient (Wildman–Crippen LogP) is 4.27. The molecule has 1 fully saturated rings. The highest BCUT2D eigenvalue weighted by Crippen LogP contribution is 2.30. The number of halogens is 3. The summed E-state index contributed by atoms with van der Waals surface area (Å²) >= 11 is 0. The van der Waals surface area contributed by atoms with Crippen LogP contribution in [0.4, 0.5) is 19.0 Å². The van der Waals surface area contributed by atoms with Crippen LogP contribution >= 0.6 is 0 Å². The van der Waals surface area contributed by atoms with Gasteiger partial charge in [0, 0.05) is 30.7 Å². The Labute approximate surface area is 166 Å². The van der Waals surface area contributed by atoms with Gasteiger partial charge in [0.2, 0.25) is 0 Å². The molecule has 9 heteroatoms. The molecule has 29 heavy (non-hydrogen) atoms. The SMILES string of the molecule is Cc1cc(CN2CCC(CNc3nccc4nc(C(F)(F)F)ccc34)CC2)no1. The Hall–Kier alpha value is -2.68. The summed E-state index contributed by atoms with van der Waals surface area (Å²) in [7, 11) is 0. The van der Waals surface area contributed by atoms with E-state index in [9.17, 15) is 13.2 Å². The lowest BCUT2D eigenvalue weighted by Crippen LogP contribution is -2.35. The van der Waals surface area contributed by atoms with Gasteiger partial charge in [0.25, 0.3) is 0 Å². The van der Waals surface area contributed by atoms with Gasteiger partial charge in [-0.15, -0.1) is 0 Å². The molecule has 1 N–H and O–H groups in total. The van der Waals surface area contributed by atoms with Crippen molar-refractivity contribution in [3.05, 3.63) is 47.6 Å². The van der Waals surface area contributed by atoms with Gasteiger partial charge >= 0.3 is 6.18 Å². The summed E-state index contributed by atoms with van der Waals surface area (Å²) in [6.07, 6.45) is -0.903. The zero-order valence-electron chi connectivity index (χ0n) is 16.0. The zero-order chi connectivity index (χ0) is 20.4. The van der Waals surface area contributed by atoms with Crippen LogP contribution in [0.3, 0.4) is 0 Å². The molecule has 3 aromatic rings. The van der Waals surface area contributed by atoms with E-state index >= 15 is 0 Å². The van der Waals surface area contributed by atoms with Gasteiger partial charge in [-0.2, -0.15) is 13.2 Å². The fourth-order valence-corrected chi connectivity index (χ4v) is 3.66. The molecule has 0 aliphatic carbocycles. The number of fused-ring (bicyclic) bond motifs is 1. The average molecular weight is 405 g/mol. The summed E-state index contributed by atoms with van der Waals surface area (Å²) in [5.41, 5.74) is 0.344. The van der Waals surface area contributed by atoms with Gasteiger partial charge < -0.3 is 9.84 Å². The minimum atomic E-state index is -4.45. The summed E-state index contributed by atoms with van der Waals surface area (Å²) < 4.78 is 43.7. The summed E-state index contributed by atoms with van der Waals surface area (Å²) in [4.78, 5) is 10.4. The smallest absolute Gasteiger partial charge is 0.369 e. The van der Waals surface area contributed by atoms with Gasteiger partial charge in [0.15, 0.2) is 0 Å². The highest BCUT2D eigenvalue weighted by atomic mass is 19.4. The van der Waals surface area contributed by atoms with Crippen molar-refractivity contribution in [3.63, 3.8) is 0 Å². The van der Waals surface area contributed by atoms with Crippen molar-refractivity contribution in [2.45, 2.75) is 32.5 Å². The second-order valence-electron chi connectivity index (χ2n) is 7.45. The van der Waals surface area contributed by atoms with E-state index in [4.69, 9.17) is 4.52 Å². The second kappa shape index (κ2) is 7.98. The number of piperidine rings is 1. The summed E-state index contributed by atoms with van der Waals surface area (Å²) in [5, 5.41) is 7.94. The molecule has 1 aliphatic rings. The zero-order valence-corrected chi connectivity index (χ0v) is 16.0. The van der Waals surface area contributed by atoms with Crippen LogP contribution in [-0.4, -0.2) is 39.7 Å². The van der Waals surface area contributed by atoms with Crippen molar-refractivity contribution >= 4 is 16.7 Å². The van der Waals surface area contributed by atoms with Crippen LogP contribution < -0.4 is 5.32 Å². The van der Waals surface area contributed by atoms with E-state index in [-0.39, 0.29) is 5.52 Å². The minimum Gasteiger partial charge on any atom is -0.369 e. The average Bonchev–Trinajstić information content (AvgIpc) is 3.11. The first kappa shape index (κ1) is 19.6. The van der Waals surface area contributed by atoms with E-state index in [2.05, 4.69) is 25.3 Å². The van der Waals surface area contributed by atoms with E-state index in [1.54, 1.807) is 0 Å². The van der Waals surface area contributed by atoms with Crippen LogP contribution in [0.5, 0.6) is 0 Å². The molecule has 4 heterocycles. The molecule has 3 aromatic heterocycles.